The van der Waals surface area contributed by atoms with Gasteiger partial charge in [-0.15, -0.1) is 0 Å². The molecule has 0 unspecified atom stereocenters. The Morgan fingerprint density at radius 3 is 2.56 bits per heavy atom. The van der Waals surface area contributed by atoms with Crippen LogP contribution in [0.5, 0.6) is 0 Å². The molecule has 162 valence electrons. The fourth-order valence-electron chi connectivity index (χ4n) is 3.88. The van der Waals surface area contributed by atoms with Gasteiger partial charge in [-0.3, -0.25) is 4.98 Å². The zero-order valence-corrected chi connectivity index (χ0v) is 17.6. The van der Waals surface area contributed by atoms with E-state index in [9.17, 15) is 17.2 Å². The molecule has 0 aliphatic carbocycles. The van der Waals surface area contributed by atoms with Gasteiger partial charge >= 0.3 is 0 Å². The van der Waals surface area contributed by atoms with Gasteiger partial charge in [0.2, 0.25) is 10.0 Å². The van der Waals surface area contributed by atoms with Crippen molar-refractivity contribution in [2.75, 3.05) is 11.9 Å². The van der Waals surface area contributed by atoms with E-state index >= 15 is 0 Å². The molecule has 0 amide bonds. The van der Waals surface area contributed by atoms with Crippen molar-refractivity contribution < 1.29 is 17.2 Å². The second kappa shape index (κ2) is 7.92. The van der Waals surface area contributed by atoms with Crippen LogP contribution in [0.2, 0.25) is 0 Å². The Bertz CT molecular complexity index is 1420. The number of para-hydroxylation sites is 1. The van der Waals surface area contributed by atoms with Gasteiger partial charge in [0.25, 0.3) is 0 Å². The highest BCUT2D eigenvalue weighted by Crippen LogP contribution is 2.30. The largest absolute Gasteiger partial charge is 0.339 e. The summed E-state index contributed by atoms with van der Waals surface area (Å²) in [5, 5.41) is 4.27. The van der Waals surface area contributed by atoms with E-state index in [-0.39, 0.29) is 13.1 Å². The molecule has 6 nitrogen and oxygen atoms in total. The van der Waals surface area contributed by atoms with Crippen LogP contribution in [0.25, 0.3) is 10.9 Å². The summed E-state index contributed by atoms with van der Waals surface area (Å²) >= 11 is 0. The van der Waals surface area contributed by atoms with Crippen LogP contribution >= 0.6 is 0 Å². The quantitative estimate of drug-likeness (QED) is 0.497. The van der Waals surface area contributed by atoms with Crippen molar-refractivity contribution >= 4 is 32.4 Å². The van der Waals surface area contributed by atoms with Gasteiger partial charge < -0.3 is 5.32 Å². The number of hydrogen-bond donors (Lipinski definition) is 1. The van der Waals surface area contributed by atoms with E-state index in [1.54, 1.807) is 18.5 Å². The van der Waals surface area contributed by atoms with Gasteiger partial charge in [0.15, 0.2) is 0 Å². The molecule has 0 saturated heterocycles. The summed E-state index contributed by atoms with van der Waals surface area (Å²) in [6.07, 6.45) is 3.73. The van der Waals surface area contributed by atoms with Gasteiger partial charge in [-0.25, -0.2) is 22.2 Å². The normalized spacial score (nSPS) is 14.3. The Morgan fingerprint density at radius 2 is 1.75 bits per heavy atom. The molecule has 4 aromatic rings. The highest BCUT2D eigenvalue weighted by molar-refractivity contribution is 7.89. The standard InChI is InChI=1S/C23H18F2N4O2S/c24-17-10-18(25)12-20(11-17)32(30,31)29-8-6-21-16(14-29)5-7-26-23(21)28-19-9-15-3-1-2-4-22(15)27-13-19/h1-5,7,9-13H,6,8,14H2,(H,26,28). The van der Waals surface area contributed by atoms with Gasteiger partial charge in [0.05, 0.1) is 22.3 Å². The second-order valence-corrected chi connectivity index (χ2v) is 9.47. The van der Waals surface area contributed by atoms with Crippen molar-refractivity contribution in [1.82, 2.24) is 14.3 Å². The van der Waals surface area contributed by atoms with Crippen LogP contribution in [0, 0.1) is 11.6 Å². The number of nitrogens with zero attached hydrogens (tertiary/aromatic N) is 3. The molecule has 1 aliphatic heterocycles. The molecule has 0 saturated carbocycles. The molecule has 0 fully saturated rings. The van der Waals surface area contributed by atoms with Gasteiger partial charge in [-0.05, 0) is 42.3 Å². The minimum absolute atomic E-state index is 0.0863. The lowest BCUT2D eigenvalue weighted by Gasteiger charge is -2.29. The molecule has 0 bridgehead atoms. The fourth-order valence-corrected chi connectivity index (χ4v) is 5.34. The summed E-state index contributed by atoms with van der Waals surface area (Å²) in [4.78, 5) is 8.48. The Labute approximate surface area is 183 Å². The third-order valence-electron chi connectivity index (χ3n) is 5.44. The van der Waals surface area contributed by atoms with Crippen LogP contribution < -0.4 is 5.32 Å². The van der Waals surface area contributed by atoms with Gasteiger partial charge in [0, 0.05) is 36.3 Å². The van der Waals surface area contributed by atoms with E-state index in [2.05, 4.69) is 15.3 Å². The van der Waals surface area contributed by atoms with E-state index in [1.807, 2.05) is 30.3 Å². The van der Waals surface area contributed by atoms with Crippen LogP contribution in [0.1, 0.15) is 11.1 Å². The molecule has 32 heavy (non-hydrogen) atoms. The van der Waals surface area contributed by atoms with Crippen LogP contribution in [0.3, 0.4) is 0 Å². The van der Waals surface area contributed by atoms with Crippen molar-refractivity contribution in [2.24, 2.45) is 0 Å². The lowest BCUT2D eigenvalue weighted by Crippen LogP contribution is -2.36. The van der Waals surface area contributed by atoms with Crippen molar-refractivity contribution in [2.45, 2.75) is 17.9 Å². The summed E-state index contributed by atoms with van der Waals surface area (Å²) in [7, 11) is -4.04. The van der Waals surface area contributed by atoms with Crippen molar-refractivity contribution in [1.29, 1.82) is 0 Å². The summed E-state index contributed by atoms with van der Waals surface area (Å²) in [6, 6.07) is 13.8. The van der Waals surface area contributed by atoms with Crippen molar-refractivity contribution in [3.05, 3.63) is 89.8 Å². The second-order valence-electron chi connectivity index (χ2n) is 7.53. The Balaban J connectivity index is 1.43. The number of anilines is 2. The first-order chi connectivity index (χ1) is 15.4. The van der Waals surface area contributed by atoms with Crippen LogP contribution in [0.4, 0.5) is 20.3 Å². The topological polar surface area (TPSA) is 75.2 Å². The number of rotatable bonds is 4. The van der Waals surface area contributed by atoms with Crippen LogP contribution in [0.15, 0.2) is 71.9 Å². The highest BCUT2D eigenvalue weighted by atomic mass is 32.2. The third kappa shape index (κ3) is 3.80. The summed E-state index contributed by atoms with van der Waals surface area (Å²) < 4.78 is 54.3. The minimum atomic E-state index is -4.04. The molecule has 2 aromatic carbocycles. The van der Waals surface area contributed by atoms with E-state index in [4.69, 9.17) is 0 Å². The number of fused-ring (bicyclic) bond motifs is 2. The maximum Gasteiger partial charge on any atom is 0.243 e. The molecule has 1 aliphatic rings. The SMILES string of the molecule is O=S(=O)(c1cc(F)cc(F)c1)N1CCc2c(ccnc2Nc2cnc3ccccc3c2)C1. The lowest BCUT2D eigenvalue weighted by molar-refractivity contribution is 0.390. The first kappa shape index (κ1) is 20.5. The molecule has 1 N–H and O–H groups in total. The van der Waals surface area contributed by atoms with Gasteiger partial charge in [-0.2, -0.15) is 4.31 Å². The highest BCUT2D eigenvalue weighted by Gasteiger charge is 2.30. The van der Waals surface area contributed by atoms with E-state index in [0.717, 1.165) is 39.8 Å². The lowest BCUT2D eigenvalue weighted by atomic mass is 10.0. The number of aromatic nitrogens is 2. The van der Waals surface area contributed by atoms with Crippen molar-refractivity contribution in [3.63, 3.8) is 0 Å². The number of hydrogen-bond acceptors (Lipinski definition) is 5. The first-order valence-corrected chi connectivity index (χ1v) is 11.4. The van der Waals surface area contributed by atoms with Gasteiger partial charge in [-0.1, -0.05) is 18.2 Å². The monoisotopic (exact) mass is 452 g/mol. The summed E-state index contributed by atoms with van der Waals surface area (Å²) in [5.74, 6) is -1.23. The molecule has 2 aromatic heterocycles. The zero-order valence-electron chi connectivity index (χ0n) is 16.8. The van der Waals surface area contributed by atoms with E-state index in [0.29, 0.717) is 18.3 Å². The zero-order chi connectivity index (χ0) is 22.3. The van der Waals surface area contributed by atoms with Crippen LogP contribution in [-0.4, -0.2) is 29.2 Å². The summed E-state index contributed by atoms with van der Waals surface area (Å²) in [6.45, 7) is 0.257. The average molecular weight is 452 g/mol. The Morgan fingerprint density at radius 1 is 0.969 bits per heavy atom. The first-order valence-electron chi connectivity index (χ1n) is 9.95. The predicted molar refractivity (Wildman–Crippen MR) is 117 cm³/mol. The molecular formula is C23H18F2N4O2S. The maximum absolute atomic E-state index is 13.6. The smallest absolute Gasteiger partial charge is 0.243 e. The van der Waals surface area contributed by atoms with Gasteiger partial charge in [0.1, 0.15) is 17.5 Å². The number of halogens is 2. The minimum Gasteiger partial charge on any atom is -0.339 e. The molecule has 9 heteroatoms. The molecule has 5 rings (SSSR count). The van der Waals surface area contributed by atoms with E-state index in [1.165, 1.54) is 4.31 Å². The van der Waals surface area contributed by atoms with E-state index < -0.39 is 26.6 Å². The third-order valence-corrected chi connectivity index (χ3v) is 7.26. The fraction of sp³-hybridized carbons (Fsp3) is 0.130. The average Bonchev–Trinajstić information content (AvgIpc) is 2.78. The maximum atomic E-state index is 13.6. The number of nitrogens with one attached hydrogen (secondary N) is 1. The van der Waals surface area contributed by atoms with Crippen molar-refractivity contribution in [3.8, 4) is 0 Å². The predicted octanol–water partition coefficient (Wildman–Crippen LogP) is 4.40. The molecule has 3 heterocycles. The molecule has 0 spiro atoms. The number of benzene rings is 2. The molecule has 0 radical (unpaired) electrons. The summed E-state index contributed by atoms with van der Waals surface area (Å²) in [5.41, 5.74) is 3.34. The van der Waals surface area contributed by atoms with Crippen LogP contribution in [-0.2, 0) is 23.0 Å². The molecular weight excluding hydrogens is 434 g/mol. The Kier molecular flexibility index (Phi) is 5.07. The molecule has 0 atom stereocenters. The Hall–Kier alpha value is -3.43. The number of pyridine rings is 2. The number of sulfonamides is 1.